The van der Waals surface area contributed by atoms with Crippen LogP contribution < -0.4 is 16.0 Å². The molecule has 1 saturated heterocycles. The number of carboxylic acid groups (broad SMARTS) is 1. The molecule has 1 aromatic heterocycles. The zero-order valence-electron chi connectivity index (χ0n) is 27.4. The summed E-state index contributed by atoms with van der Waals surface area (Å²) in [6, 6.07) is 0.510. The number of aliphatic carboxylic acids is 1. The Balaban J connectivity index is 1.33. The number of likely N-dealkylation sites (N-methyl/N-ethyl adjacent to an activating group) is 1. The standard InChI is InChI=1S/C33H49N5O7S2/c1-32(17-9-6-10-18-32)26(22-37(2)47(44,45)27-16-12-20-46-27)35-31(43)34-24-14-8-5-3-4-7-13-23-21-33(23,30(41)42)36-28(39)25-15-11-19-38(25)29(24)40/h7,12-13,16,20,23-26H,3-6,8-11,14-15,17-19,21-22H2,1-2H3,(H,36,39)(H,41,42)(H2,34,35,43)/b13-7-/t23?,24-,25-,26?,33+/m0/s1. The van der Waals surface area contributed by atoms with Crippen LogP contribution >= 0.6 is 11.3 Å². The zero-order chi connectivity index (χ0) is 33.8. The molecule has 0 radical (unpaired) electrons. The van der Waals surface area contributed by atoms with Crippen molar-refractivity contribution in [2.75, 3.05) is 20.1 Å². The van der Waals surface area contributed by atoms with E-state index in [2.05, 4.69) is 22.9 Å². The van der Waals surface area contributed by atoms with Crippen LogP contribution in [0.25, 0.3) is 0 Å². The van der Waals surface area contributed by atoms with Gasteiger partial charge in [0.05, 0.1) is 0 Å². The van der Waals surface area contributed by atoms with E-state index in [1.165, 1.54) is 16.3 Å². The minimum Gasteiger partial charge on any atom is -0.479 e. The molecule has 14 heteroatoms. The van der Waals surface area contributed by atoms with Gasteiger partial charge in [-0.1, -0.05) is 57.2 Å². The Morgan fingerprint density at radius 2 is 1.87 bits per heavy atom. The fourth-order valence-corrected chi connectivity index (χ4v) is 9.89. The van der Waals surface area contributed by atoms with Crippen molar-refractivity contribution in [2.24, 2.45) is 11.3 Å². The molecule has 0 aromatic carbocycles. The summed E-state index contributed by atoms with van der Waals surface area (Å²) in [6.45, 7) is 2.51. The van der Waals surface area contributed by atoms with Crippen LogP contribution in [-0.4, -0.2) is 90.3 Å². The van der Waals surface area contributed by atoms with Gasteiger partial charge >= 0.3 is 12.0 Å². The lowest BCUT2D eigenvalue weighted by Gasteiger charge is -2.42. The Morgan fingerprint density at radius 1 is 1.13 bits per heavy atom. The Hall–Kier alpha value is -2.97. The molecule has 47 heavy (non-hydrogen) atoms. The molecule has 2 aliphatic heterocycles. The summed E-state index contributed by atoms with van der Waals surface area (Å²) in [5.41, 5.74) is -1.69. The van der Waals surface area contributed by atoms with Crippen molar-refractivity contribution in [3.8, 4) is 0 Å². The molecule has 0 spiro atoms. The Bertz CT molecular complexity index is 1440. The number of nitrogens with zero attached hydrogens (tertiary/aromatic N) is 2. The molecule has 5 rings (SSSR count). The Kier molecular flexibility index (Phi) is 11.0. The summed E-state index contributed by atoms with van der Waals surface area (Å²) >= 11 is 1.15. The normalized spacial score (nSPS) is 29.8. The number of allylic oxidation sites excluding steroid dienone is 1. The third-order valence-corrected chi connectivity index (χ3v) is 13.9. The first-order chi connectivity index (χ1) is 22.4. The van der Waals surface area contributed by atoms with Crippen LogP contribution in [0.2, 0.25) is 0 Å². The first kappa shape index (κ1) is 35.3. The second-order valence-electron chi connectivity index (χ2n) is 14.0. The predicted molar refractivity (Wildman–Crippen MR) is 178 cm³/mol. The van der Waals surface area contributed by atoms with Crippen molar-refractivity contribution in [3.63, 3.8) is 0 Å². The van der Waals surface area contributed by atoms with Crippen LogP contribution in [0.4, 0.5) is 4.79 Å². The lowest BCUT2D eigenvalue weighted by molar-refractivity contribution is -0.145. The van der Waals surface area contributed by atoms with Gasteiger partial charge in [-0.25, -0.2) is 18.0 Å². The van der Waals surface area contributed by atoms with E-state index in [4.69, 9.17) is 0 Å². The molecule has 4 N–H and O–H groups in total. The lowest BCUT2D eigenvalue weighted by Crippen LogP contribution is -2.60. The molecule has 4 amide bonds. The van der Waals surface area contributed by atoms with Crippen LogP contribution in [0.5, 0.6) is 0 Å². The molecule has 12 nitrogen and oxygen atoms in total. The van der Waals surface area contributed by atoms with Gasteiger partial charge in [0.2, 0.25) is 11.8 Å². The van der Waals surface area contributed by atoms with E-state index in [9.17, 15) is 32.7 Å². The second-order valence-corrected chi connectivity index (χ2v) is 17.2. The van der Waals surface area contributed by atoms with Gasteiger partial charge in [-0.2, -0.15) is 4.31 Å². The van der Waals surface area contributed by atoms with E-state index >= 15 is 0 Å². The number of hydrogen-bond donors (Lipinski definition) is 4. The van der Waals surface area contributed by atoms with Gasteiger partial charge in [0.25, 0.3) is 10.0 Å². The summed E-state index contributed by atoms with van der Waals surface area (Å²) < 4.78 is 28.2. The summed E-state index contributed by atoms with van der Waals surface area (Å²) in [6.07, 6.45) is 13.4. The van der Waals surface area contributed by atoms with E-state index in [0.717, 1.165) is 62.7 Å². The van der Waals surface area contributed by atoms with Gasteiger partial charge in [0.1, 0.15) is 21.8 Å². The number of thiophene rings is 1. The van der Waals surface area contributed by atoms with E-state index in [1.807, 2.05) is 12.2 Å². The zero-order valence-corrected chi connectivity index (χ0v) is 29.0. The number of carbonyl (C=O) groups excluding carboxylic acids is 3. The molecule has 2 aliphatic carbocycles. The van der Waals surface area contributed by atoms with Crippen LogP contribution in [0.15, 0.2) is 33.9 Å². The fraction of sp³-hybridized carbons (Fsp3) is 0.697. The third-order valence-electron chi connectivity index (χ3n) is 10.7. The predicted octanol–water partition coefficient (Wildman–Crippen LogP) is 3.85. The molecule has 2 saturated carbocycles. The summed E-state index contributed by atoms with van der Waals surface area (Å²) in [4.78, 5) is 54.9. The Morgan fingerprint density at radius 3 is 2.57 bits per heavy atom. The minimum absolute atomic E-state index is 0.0803. The van der Waals surface area contributed by atoms with E-state index in [-0.39, 0.29) is 28.0 Å². The first-order valence-electron chi connectivity index (χ1n) is 17.0. The van der Waals surface area contributed by atoms with Gasteiger partial charge in [-0.05, 0) is 68.2 Å². The Labute approximate surface area is 281 Å². The third kappa shape index (κ3) is 7.86. The van der Waals surface area contributed by atoms with Crippen LogP contribution in [-0.2, 0) is 24.4 Å². The summed E-state index contributed by atoms with van der Waals surface area (Å²) in [5.74, 6) is -2.20. The van der Waals surface area contributed by atoms with Crippen molar-refractivity contribution < 1.29 is 32.7 Å². The van der Waals surface area contributed by atoms with Gasteiger partial charge < -0.3 is 26.0 Å². The smallest absolute Gasteiger partial charge is 0.330 e. The van der Waals surface area contributed by atoms with Crippen molar-refractivity contribution in [3.05, 3.63) is 29.7 Å². The van der Waals surface area contributed by atoms with Crippen molar-refractivity contribution in [2.45, 2.75) is 118 Å². The highest BCUT2D eigenvalue weighted by Crippen LogP contribution is 2.45. The maximum absolute atomic E-state index is 14.0. The minimum atomic E-state index is -3.74. The number of carboxylic acids is 1. The largest absolute Gasteiger partial charge is 0.479 e. The number of amides is 4. The maximum Gasteiger partial charge on any atom is 0.330 e. The molecule has 5 atom stereocenters. The van der Waals surface area contributed by atoms with Gasteiger partial charge in [0, 0.05) is 32.1 Å². The maximum atomic E-state index is 14.0. The number of hydrogen-bond acceptors (Lipinski definition) is 7. The van der Waals surface area contributed by atoms with Crippen LogP contribution in [0.1, 0.15) is 90.4 Å². The second kappa shape index (κ2) is 14.7. The summed E-state index contributed by atoms with van der Waals surface area (Å²) in [5, 5.41) is 20.4. The van der Waals surface area contributed by atoms with Crippen LogP contribution in [0, 0.1) is 11.3 Å². The number of rotatable bonds is 8. The SMILES string of the molecule is CN(CC(NC(=O)N[C@H]1CCCCC/C=C\C2C[C@@]2(C(=O)O)NC(=O)[C@@H]2CCCN2C1=O)C1(C)CCCCC1)S(=O)(=O)c1cccs1. The molecule has 2 unspecified atom stereocenters. The number of nitrogens with one attached hydrogen (secondary N) is 3. The monoisotopic (exact) mass is 691 g/mol. The summed E-state index contributed by atoms with van der Waals surface area (Å²) in [7, 11) is -2.21. The molecule has 4 aliphatic rings. The average Bonchev–Trinajstić information content (AvgIpc) is 3.40. The van der Waals surface area contributed by atoms with Crippen molar-refractivity contribution in [1.82, 2.24) is 25.2 Å². The number of sulfonamides is 1. The quantitative estimate of drug-likeness (QED) is 0.301. The highest BCUT2D eigenvalue weighted by atomic mass is 32.2. The molecule has 3 fully saturated rings. The molecular formula is C33H49N5O7S2. The van der Waals surface area contributed by atoms with E-state index in [1.54, 1.807) is 17.5 Å². The van der Waals surface area contributed by atoms with E-state index < -0.39 is 51.6 Å². The highest BCUT2D eigenvalue weighted by molar-refractivity contribution is 7.91. The fourth-order valence-electron chi connectivity index (χ4n) is 7.50. The molecule has 1 aromatic rings. The first-order valence-corrected chi connectivity index (χ1v) is 19.3. The van der Waals surface area contributed by atoms with Gasteiger partial charge in [-0.15, -0.1) is 11.3 Å². The van der Waals surface area contributed by atoms with Gasteiger partial charge in [-0.3, -0.25) is 9.59 Å². The topological polar surface area (TPSA) is 165 Å². The number of fused-ring (bicyclic) bond motifs is 2. The van der Waals surface area contributed by atoms with Gasteiger partial charge in [0.15, 0.2) is 0 Å². The van der Waals surface area contributed by atoms with Crippen LogP contribution in [0.3, 0.4) is 0 Å². The highest BCUT2D eigenvalue weighted by Gasteiger charge is 2.61. The number of carbonyl (C=O) groups is 4. The van der Waals surface area contributed by atoms with Crippen molar-refractivity contribution in [1.29, 1.82) is 0 Å². The molecule has 260 valence electrons. The molecule has 3 heterocycles. The van der Waals surface area contributed by atoms with E-state index in [0.29, 0.717) is 38.6 Å². The lowest BCUT2D eigenvalue weighted by atomic mass is 9.70. The molecule has 0 bridgehead atoms. The average molecular weight is 692 g/mol. The van der Waals surface area contributed by atoms with Crippen molar-refractivity contribution >= 4 is 45.2 Å². The molecular weight excluding hydrogens is 643 g/mol. The number of urea groups is 1.